The highest BCUT2D eigenvalue weighted by Crippen LogP contribution is 2.36. The van der Waals surface area contributed by atoms with Crippen molar-refractivity contribution in [2.45, 2.75) is 11.8 Å². The van der Waals surface area contributed by atoms with Gasteiger partial charge in [0.25, 0.3) is 5.91 Å². The largest absolute Gasteiger partial charge is 0.493 e. The summed E-state index contributed by atoms with van der Waals surface area (Å²) in [6.45, 7) is 1.83. The SMILES string of the molecule is COc1ccc(C(=O)N/N=C/c2cc(Cl)c(OS(=O)(=O)c3ccc(C)cc3)c(Cl)c2)cc1OC. The van der Waals surface area contributed by atoms with Gasteiger partial charge < -0.3 is 13.7 Å². The van der Waals surface area contributed by atoms with E-state index >= 15 is 0 Å². The Bertz CT molecular complexity index is 1320. The molecule has 3 aromatic carbocycles. The first-order valence-electron chi connectivity index (χ1n) is 9.70. The highest BCUT2D eigenvalue weighted by Gasteiger charge is 2.21. The van der Waals surface area contributed by atoms with Crippen LogP contribution in [-0.2, 0) is 10.1 Å². The Hall–Kier alpha value is -3.27. The lowest BCUT2D eigenvalue weighted by atomic mass is 10.2. The molecule has 8 nitrogen and oxygen atoms in total. The van der Waals surface area contributed by atoms with Crippen molar-refractivity contribution < 1.29 is 26.9 Å². The highest BCUT2D eigenvalue weighted by atomic mass is 35.5. The van der Waals surface area contributed by atoms with E-state index in [0.29, 0.717) is 22.6 Å². The van der Waals surface area contributed by atoms with Gasteiger partial charge in [-0.25, -0.2) is 5.43 Å². The molecule has 0 saturated heterocycles. The van der Waals surface area contributed by atoms with E-state index in [1.165, 1.54) is 50.8 Å². The molecule has 0 spiro atoms. The second-order valence-electron chi connectivity index (χ2n) is 6.93. The average Bonchev–Trinajstić information content (AvgIpc) is 2.81. The predicted molar refractivity (Wildman–Crippen MR) is 130 cm³/mol. The van der Waals surface area contributed by atoms with E-state index in [4.69, 9.17) is 36.9 Å². The Balaban J connectivity index is 1.73. The van der Waals surface area contributed by atoms with Crippen molar-refractivity contribution in [1.82, 2.24) is 5.43 Å². The number of hydrogen-bond acceptors (Lipinski definition) is 7. The summed E-state index contributed by atoms with van der Waals surface area (Å²) in [5, 5.41) is 3.79. The van der Waals surface area contributed by atoms with Gasteiger partial charge in [-0.15, -0.1) is 0 Å². The van der Waals surface area contributed by atoms with Crippen LogP contribution < -0.4 is 19.1 Å². The zero-order valence-corrected chi connectivity index (χ0v) is 20.7. The summed E-state index contributed by atoms with van der Waals surface area (Å²) in [5.41, 5.74) is 3.98. The normalized spacial score (nSPS) is 11.3. The summed E-state index contributed by atoms with van der Waals surface area (Å²) in [5.74, 6) is 0.182. The fourth-order valence-corrected chi connectivity index (χ4v) is 4.44. The second-order valence-corrected chi connectivity index (χ2v) is 9.29. The fourth-order valence-electron chi connectivity index (χ4n) is 2.80. The predicted octanol–water partition coefficient (Wildman–Crippen LogP) is 4.85. The van der Waals surface area contributed by atoms with Crippen LogP contribution in [0.2, 0.25) is 10.0 Å². The molecule has 34 heavy (non-hydrogen) atoms. The van der Waals surface area contributed by atoms with E-state index < -0.39 is 16.0 Å². The molecule has 1 N–H and O–H groups in total. The van der Waals surface area contributed by atoms with Crippen molar-refractivity contribution >= 4 is 45.4 Å². The van der Waals surface area contributed by atoms with Crippen LogP contribution in [0.3, 0.4) is 0 Å². The number of nitrogens with zero attached hydrogens (tertiary/aromatic N) is 1. The molecule has 3 aromatic rings. The topological polar surface area (TPSA) is 103 Å². The minimum absolute atomic E-state index is 0.0336. The lowest BCUT2D eigenvalue weighted by molar-refractivity contribution is 0.0954. The monoisotopic (exact) mass is 522 g/mol. The molecule has 3 rings (SSSR count). The molecule has 0 aliphatic carbocycles. The molecule has 0 heterocycles. The van der Waals surface area contributed by atoms with E-state index in [1.807, 2.05) is 6.92 Å². The smallest absolute Gasteiger partial charge is 0.339 e. The Morgan fingerprint density at radius 2 is 1.56 bits per heavy atom. The van der Waals surface area contributed by atoms with E-state index in [-0.39, 0.29) is 20.7 Å². The molecular weight excluding hydrogens is 503 g/mol. The molecule has 178 valence electrons. The van der Waals surface area contributed by atoms with Gasteiger partial charge in [-0.2, -0.15) is 13.5 Å². The number of amides is 1. The number of carbonyl (C=O) groups is 1. The summed E-state index contributed by atoms with van der Waals surface area (Å²) in [6, 6.07) is 13.6. The lowest BCUT2D eigenvalue weighted by Crippen LogP contribution is -2.17. The number of rotatable bonds is 8. The lowest BCUT2D eigenvalue weighted by Gasteiger charge is -2.11. The van der Waals surface area contributed by atoms with E-state index in [1.54, 1.807) is 24.3 Å². The van der Waals surface area contributed by atoms with Crippen molar-refractivity contribution in [2.75, 3.05) is 14.2 Å². The van der Waals surface area contributed by atoms with Gasteiger partial charge in [-0.1, -0.05) is 40.9 Å². The number of halogens is 2. The molecule has 0 aromatic heterocycles. The minimum atomic E-state index is -4.14. The van der Waals surface area contributed by atoms with Gasteiger partial charge in [-0.3, -0.25) is 4.79 Å². The zero-order valence-electron chi connectivity index (χ0n) is 18.3. The van der Waals surface area contributed by atoms with E-state index in [0.717, 1.165) is 5.56 Å². The summed E-state index contributed by atoms with van der Waals surface area (Å²) < 4.78 is 40.6. The van der Waals surface area contributed by atoms with Crippen LogP contribution in [-0.4, -0.2) is 34.8 Å². The van der Waals surface area contributed by atoms with Gasteiger partial charge in [0.2, 0.25) is 0 Å². The maximum absolute atomic E-state index is 12.5. The number of hydrazone groups is 1. The van der Waals surface area contributed by atoms with Crippen LogP contribution in [0.4, 0.5) is 0 Å². The van der Waals surface area contributed by atoms with Crippen molar-refractivity contribution in [2.24, 2.45) is 5.10 Å². The van der Waals surface area contributed by atoms with Gasteiger partial charge in [0.05, 0.1) is 30.5 Å². The van der Waals surface area contributed by atoms with E-state index in [2.05, 4.69) is 10.5 Å². The third kappa shape index (κ3) is 5.99. The molecule has 11 heteroatoms. The molecule has 0 aliphatic heterocycles. The summed E-state index contributed by atoms with van der Waals surface area (Å²) in [7, 11) is -1.18. The number of carbonyl (C=O) groups excluding carboxylic acids is 1. The van der Waals surface area contributed by atoms with Gasteiger partial charge in [-0.05, 0) is 55.0 Å². The quantitative estimate of drug-likeness (QED) is 0.257. The molecule has 0 fully saturated rings. The van der Waals surface area contributed by atoms with Gasteiger partial charge >= 0.3 is 10.1 Å². The maximum atomic E-state index is 12.5. The molecule has 1 amide bonds. The number of ether oxygens (including phenoxy) is 2. The van der Waals surface area contributed by atoms with Crippen molar-refractivity contribution in [1.29, 1.82) is 0 Å². The number of methoxy groups -OCH3 is 2. The first-order chi connectivity index (χ1) is 16.1. The first-order valence-corrected chi connectivity index (χ1v) is 11.9. The second kappa shape index (κ2) is 10.8. The number of benzene rings is 3. The standard InChI is InChI=1S/C23H20Cl2N2O6S/c1-14-4-7-17(8-5-14)34(29,30)33-22-18(24)10-15(11-19(22)25)13-26-27-23(28)16-6-9-20(31-2)21(12-16)32-3/h4-13H,1-3H3,(H,27,28)/b26-13+. The fraction of sp³-hybridized carbons (Fsp3) is 0.130. The number of hydrogen-bond donors (Lipinski definition) is 1. The Labute approximate surface area is 207 Å². The van der Waals surface area contributed by atoms with Crippen molar-refractivity contribution in [3.05, 3.63) is 81.3 Å². The molecular formula is C23H20Cl2N2O6S. The maximum Gasteiger partial charge on any atom is 0.339 e. The van der Waals surface area contributed by atoms with Crippen LogP contribution in [0.25, 0.3) is 0 Å². The summed E-state index contributed by atoms with van der Waals surface area (Å²) in [6.07, 6.45) is 1.30. The van der Waals surface area contributed by atoms with Crippen LogP contribution in [0.15, 0.2) is 64.6 Å². The highest BCUT2D eigenvalue weighted by molar-refractivity contribution is 7.87. The van der Waals surface area contributed by atoms with Gasteiger partial charge in [0.15, 0.2) is 17.2 Å². The molecule has 0 saturated carbocycles. The van der Waals surface area contributed by atoms with Crippen LogP contribution in [0.5, 0.6) is 17.2 Å². The van der Waals surface area contributed by atoms with Crippen molar-refractivity contribution in [3.8, 4) is 17.2 Å². The Morgan fingerprint density at radius 1 is 0.941 bits per heavy atom. The van der Waals surface area contributed by atoms with Gasteiger partial charge in [0, 0.05) is 5.56 Å². The van der Waals surface area contributed by atoms with Gasteiger partial charge in [0.1, 0.15) is 4.90 Å². The Kier molecular flexibility index (Phi) is 8.03. The molecule has 0 bridgehead atoms. The zero-order chi connectivity index (χ0) is 24.9. The molecule has 0 unspecified atom stereocenters. The van der Waals surface area contributed by atoms with Crippen LogP contribution in [0, 0.1) is 6.92 Å². The Morgan fingerprint density at radius 3 is 2.15 bits per heavy atom. The van der Waals surface area contributed by atoms with Crippen molar-refractivity contribution in [3.63, 3.8) is 0 Å². The third-order valence-electron chi connectivity index (χ3n) is 4.55. The number of nitrogens with one attached hydrogen (secondary N) is 1. The van der Waals surface area contributed by atoms with Crippen LogP contribution >= 0.6 is 23.2 Å². The summed E-state index contributed by atoms with van der Waals surface area (Å²) >= 11 is 12.4. The molecule has 0 atom stereocenters. The summed E-state index contributed by atoms with van der Waals surface area (Å²) in [4.78, 5) is 12.3. The van der Waals surface area contributed by atoms with Crippen LogP contribution in [0.1, 0.15) is 21.5 Å². The number of aryl methyl sites for hydroxylation is 1. The first kappa shape index (κ1) is 25.4. The molecule has 0 radical (unpaired) electrons. The van der Waals surface area contributed by atoms with E-state index in [9.17, 15) is 13.2 Å². The third-order valence-corrected chi connectivity index (χ3v) is 6.35. The minimum Gasteiger partial charge on any atom is -0.493 e. The molecule has 0 aliphatic rings. The average molecular weight is 523 g/mol.